The van der Waals surface area contributed by atoms with Gasteiger partial charge in [0.2, 0.25) is 0 Å². The molecule has 0 spiro atoms. The molecule has 0 aliphatic heterocycles. The highest BCUT2D eigenvalue weighted by atomic mass is 32.1. The third-order valence-electron chi connectivity index (χ3n) is 3.00. The molecule has 0 unspecified atom stereocenters. The van der Waals surface area contributed by atoms with E-state index in [-0.39, 0.29) is 5.54 Å². The van der Waals surface area contributed by atoms with Crippen LogP contribution < -0.4 is 5.73 Å². The van der Waals surface area contributed by atoms with Gasteiger partial charge in [-0.25, -0.2) is 0 Å². The zero-order valence-electron chi connectivity index (χ0n) is 9.47. The number of thiophene rings is 1. The third kappa shape index (κ3) is 2.82. The smallest absolute Gasteiger partial charge is 0.0197 e. The molecule has 0 saturated heterocycles. The lowest BCUT2D eigenvalue weighted by Gasteiger charge is -2.25. The topological polar surface area (TPSA) is 26.0 Å². The van der Waals surface area contributed by atoms with Gasteiger partial charge in [0, 0.05) is 15.3 Å². The second kappa shape index (κ2) is 4.94. The fraction of sp³-hybridized carbons (Fsp3) is 0.667. The van der Waals surface area contributed by atoms with Crippen molar-refractivity contribution < 1.29 is 0 Å². The van der Waals surface area contributed by atoms with E-state index < -0.39 is 0 Å². The summed E-state index contributed by atoms with van der Waals surface area (Å²) in [5, 5.41) is 0. The second-order valence-electron chi connectivity index (χ2n) is 3.97. The molecule has 0 aliphatic rings. The van der Waals surface area contributed by atoms with Crippen molar-refractivity contribution in [1.82, 2.24) is 0 Å². The zero-order valence-corrected chi connectivity index (χ0v) is 10.3. The molecule has 1 rings (SSSR count). The maximum Gasteiger partial charge on any atom is 0.0197 e. The maximum absolute atomic E-state index is 6.29. The molecule has 0 atom stereocenters. The normalized spacial score (nSPS) is 12.0. The minimum Gasteiger partial charge on any atom is -0.325 e. The van der Waals surface area contributed by atoms with Crippen LogP contribution in [0.5, 0.6) is 0 Å². The molecule has 0 radical (unpaired) electrons. The molecule has 14 heavy (non-hydrogen) atoms. The van der Waals surface area contributed by atoms with E-state index in [9.17, 15) is 0 Å². The predicted molar refractivity (Wildman–Crippen MR) is 64.9 cm³/mol. The van der Waals surface area contributed by atoms with Crippen LogP contribution in [0.2, 0.25) is 0 Å². The average Bonchev–Trinajstić information content (AvgIpc) is 2.65. The van der Waals surface area contributed by atoms with Crippen LogP contribution in [0.25, 0.3) is 0 Å². The molecule has 0 bridgehead atoms. The summed E-state index contributed by atoms with van der Waals surface area (Å²) in [5.41, 5.74) is 6.30. The molecule has 0 aromatic carbocycles. The molecule has 2 heteroatoms. The van der Waals surface area contributed by atoms with E-state index in [1.54, 1.807) is 0 Å². The molecular weight excluding hydrogens is 190 g/mol. The van der Waals surface area contributed by atoms with Crippen molar-refractivity contribution in [3.8, 4) is 0 Å². The van der Waals surface area contributed by atoms with E-state index in [1.807, 2.05) is 11.3 Å². The first-order valence-corrected chi connectivity index (χ1v) is 6.31. The molecule has 0 saturated carbocycles. The Kier molecular flexibility index (Phi) is 4.14. The van der Waals surface area contributed by atoms with Crippen molar-refractivity contribution in [2.24, 2.45) is 5.73 Å². The van der Waals surface area contributed by atoms with Gasteiger partial charge in [0.05, 0.1) is 0 Å². The van der Waals surface area contributed by atoms with Gasteiger partial charge in [-0.3, -0.25) is 0 Å². The molecule has 1 nitrogen and oxygen atoms in total. The summed E-state index contributed by atoms with van der Waals surface area (Å²) in [7, 11) is 0. The van der Waals surface area contributed by atoms with Gasteiger partial charge in [-0.1, -0.05) is 20.8 Å². The van der Waals surface area contributed by atoms with Gasteiger partial charge in [-0.15, -0.1) is 11.3 Å². The van der Waals surface area contributed by atoms with Crippen LogP contribution in [0.3, 0.4) is 0 Å². The summed E-state index contributed by atoms with van der Waals surface area (Å²) in [6.07, 6.45) is 4.29. The Balaban J connectivity index is 2.67. The number of rotatable bonds is 5. The lowest BCUT2D eigenvalue weighted by molar-refractivity contribution is 0.396. The second-order valence-corrected chi connectivity index (χ2v) is 5.22. The molecule has 1 aromatic rings. The molecule has 1 aromatic heterocycles. The van der Waals surface area contributed by atoms with Crippen LogP contribution in [-0.4, -0.2) is 5.54 Å². The first-order chi connectivity index (χ1) is 6.63. The summed E-state index contributed by atoms with van der Waals surface area (Å²) >= 11 is 1.91. The van der Waals surface area contributed by atoms with E-state index in [4.69, 9.17) is 5.73 Å². The van der Waals surface area contributed by atoms with E-state index >= 15 is 0 Å². The van der Waals surface area contributed by atoms with Crippen molar-refractivity contribution in [2.45, 2.75) is 52.0 Å². The van der Waals surface area contributed by atoms with Gasteiger partial charge in [0.15, 0.2) is 0 Å². The van der Waals surface area contributed by atoms with E-state index in [0.29, 0.717) is 0 Å². The van der Waals surface area contributed by atoms with Gasteiger partial charge in [-0.2, -0.15) is 0 Å². The largest absolute Gasteiger partial charge is 0.325 e. The monoisotopic (exact) mass is 211 g/mol. The average molecular weight is 211 g/mol. The van der Waals surface area contributed by atoms with E-state index in [0.717, 1.165) is 25.7 Å². The Hall–Kier alpha value is -0.340. The molecule has 0 fully saturated rings. The highest BCUT2D eigenvalue weighted by Gasteiger charge is 2.21. The van der Waals surface area contributed by atoms with Crippen LogP contribution >= 0.6 is 11.3 Å². The van der Waals surface area contributed by atoms with Crippen LogP contribution in [0.15, 0.2) is 12.1 Å². The molecule has 2 N–H and O–H groups in total. The van der Waals surface area contributed by atoms with Crippen molar-refractivity contribution >= 4 is 11.3 Å². The summed E-state index contributed by atoms with van der Waals surface area (Å²) < 4.78 is 0. The quantitative estimate of drug-likeness (QED) is 0.794. The van der Waals surface area contributed by atoms with Crippen LogP contribution in [-0.2, 0) is 12.8 Å². The summed E-state index contributed by atoms with van der Waals surface area (Å²) in [6.45, 7) is 6.56. The van der Waals surface area contributed by atoms with Crippen molar-refractivity contribution in [3.63, 3.8) is 0 Å². The lowest BCUT2D eigenvalue weighted by atomic mass is 9.90. The van der Waals surface area contributed by atoms with Gasteiger partial charge in [-0.05, 0) is 37.8 Å². The third-order valence-corrected chi connectivity index (χ3v) is 4.23. The number of hydrogen-bond donors (Lipinski definition) is 1. The molecule has 1 heterocycles. The number of nitrogens with two attached hydrogens (primary N) is 1. The SMILES string of the molecule is CCc1ccc(CC(N)(CC)CC)s1. The summed E-state index contributed by atoms with van der Waals surface area (Å²) in [4.78, 5) is 2.91. The lowest BCUT2D eigenvalue weighted by Crippen LogP contribution is -2.40. The highest BCUT2D eigenvalue weighted by molar-refractivity contribution is 7.12. The molecular formula is C12H21NS. The van der Waals surface area contributed by atoms with Crippen LogP contribution in [0.1, 0.15) is 43.4 Å². The molecule has 80 valence electrons. The number of hydrogen-bond acceptors (Lipinski definition) is 2. The zero-order chi connectivity index (χ0) is 10.6. The van der Waals surface area contributed by atoms with Gasteiger partial charge >= 0.3 is 0 Å². The minimum atomic E-state index is 0.00979. The summed E-state index contributed by atoms with van der Waals surface area (Å²) in [6, 6.07) is 4.46. The standard InChI is InChI=1S/C12H21NS/c1-4-10-7-8-11(14-10)9-12(13,5-2)6-3/h7-8H,4-6,9,13H2,1-3H3. The van der Waals surface area contributed by atoms with Gasteiger partial charge < -0.3 is 5.73 Å². The number of aryl methyl sites for hydroxylation is 1. The van der Waals surface area contributed by atoms with Gasteiger partial charge in [0.25, 0.3) is 0 Å². The van der Waals surface area contributed by atoms with Crippen molar-refractivity contribution in [2.75, 3.05) is 0 Å². The van der Waals surface area contributed by atoms with E-state index in [1.165, 1.54) is 9.75 Å². The Morgan fingerprint density at radius 2 is 1.71 bits per heavy atom. The minimum absolute atomic E-state index is 0.00979. The molecule has 0 amide bonds. The first-order valence-electron chi connectivity index (χ1n) is 5.50. The maximum atomic E-state index is 6.29. The van der Waals surface area contributed by atoms with Crippen molar-refractivity contribution in [1.29, 1.82) is 0 Å². The van der Waals surface area contributed by atoms with Crippen LogP contribution in [0.4, 0.5) is 0 Å². The summed E-state index contributed by atoms with van der Waals surface area (Å²) in [5.74, 6) is 0. The Morgan fingerprint density at radius 3 is 2.14 bits per heavy atom. The first kappa shape index (κ1) is 11.7. The highest BCUT2D eigenvalue weighted by Crippen LogP contribution is 2.24. The van der Waals surface area contributed by atoms with Crippen molar-refractivity contribution in [3.05, 3.63) is 21.9 Å². The fourth-order valence-corrected chi connectivity index (χ4v) is 2.67. The Labute approximate surface area is 91.3 Å². The Bertz CT molecular complexity index is 274. The fourth-order valence-electron chi connectivity index (χ4n) is 1.55. The van der Waals surface area contributed by atoms with E-state index in [2.05, 4.69) is 32.9 Å². The predicted octanol–water partition coefficient (Wildman–Crippen LogP) is 3.37. The van der Waals surface area contributed by atoms with Gasteiger partial charge in [0.1, 0.15) is 0 Å². The Morgan fingerprint density at radius 1 is 1.14 bits per heavy atom. The van der Waals surface area contributed by atoms with Crippen LogP contribution in [0, 0.1) is 0 Å². The molecule has 0 aliphatic carbocycles.